The summed E-state index contributed by atoms with van der Waals surface area (Å²) in [5, 5.41) is 3.77. The number of rotatable bonds is 8. The second-order valence-electron chi connectivity index (χ2n) is 5.91. The number of amides is 1. The van der Waals surface area contributed by atoms with Crippen molar-refractivity contribution < 1.29 is 13.9 Å². The highest BCUT2D eigenvalue weighted by Crippen LogP contribution is 2.28. The molecule has 0 aliphatic carbocycles. The zero-order chi connectivity index (χ0) is 18.4. The molecule has 3 aromatic rings. The smallest absolute Gasteiger partial charge is 0.251 e. The normalized spacial score (nSPS) is 10.7. The van der Waals surface area contributed by atoms with Crippen molar-refractivity contribution in [2.75, 3.05) is 6.61 Å². The van der Waals surface area contributed by atoms with E-state index >= 15 is 0 Å². The quantitative estimate of drug-likeness (QED) is 0.577. The molecule has 1 amide bonds. The summed E-state index contributed by atoms with van der Waals surface area (Å²) in [5.41, 5.74) is 1.52. The highest BCUT2D eigenvalue weighted by molar-refractivity contribution is 7.15. The van der Waals surface area contributed by atoms with Gasteiger partial charge in [-0.3, -0.25) is 4.79 Å². The fraction of sp³-hybridized carbons (Fsp3) is 0.300. The lowest BCUT2D eigenvalue weighted by atomic mass is 10.2. The number of benzene rings is 1. The molecular weight excluding hydrogens is 348 g/mol. The molecule has 5 nitrogen and oxygen atoms in total. The Morgan fingerprint density at radius 3 is 2.77 bits per heavy atom. The van der Waals surface area contributed by atoms with Crippen LogP contribution in [0.2, 0.25) is 0 Å². The van der Waals surface area contributed by atoms with Crippen LogP contribution in [-0.4, -0.2) is 17.5 Å². The van der Waals surface area contributed by atoms with Gasteiger partial charge < -0.3 is 14.5 Å². The maximum Gasteiger partial charge on any atom is 0.251 e. The van der Waals surface area contributed by atoms with E-state index in [9.17, 15) is 4.79 Å². The minimum absolute atomic E-state index is 0.113. The third-order valence-electron chi connectivity index (χ3n) is 3.92. The number of unbranched alkanes of at least 4 members (excludes halogenated alkanes) is 1. The topological polar surface area (TPSA) is 64.4 Å². The molecule has 1 N–H and O–H groups in total. The highest BCUT2D eigenvalue weighted by Gasteiger charge is 2.13. The summed E-state index contributed by atoms with van der Waals surface area (Å²) in [5.74, 6) is 1.42. The molecule has 136 valence electrons. The molecule has 2 heterocycles. The van der Waals surface area contributed by atoms with Gasteiger partial charge in [0.05, 0.1) is 25.1 Å². The zero-order valence-electron chi connectivity index (χ0n) is 15.0. The van der Waals surface area contributed by atoms with Gasteiger partial charge in [0.2, 0.25) is 0 Å². The molecular formula is C20H22N2O3S. The third-order valence-corrected chi connectivity index (χ3v) is 5.09. The maximum absolute atomic E-state index is 12.4. The van der Waals surface area contributed by atoms with Gasteiger partial charge in [-0.1, -0.05) is 13.3 Å². The lowest BCUT2D eigenvalue weighted by Gasteiger charge is -2.07. The van der Waals surface area contributed by atoms with E-state index in [0.717, 1.165) is 39.9 Å². The van der Waals surface area contributed by atoms with Gasteiger partial charge in [0.15, 0.2) is 10.8 Å². The van der Waals surface area contributed by atoms with Crippen LogP contribution in [0, 0.1) is 6.92 Å². The number of hydrogen-bond acceptors (Lipinski definition) is 5. The lowest BCUT2D eigenvalue weighted by molar-refractivity contribution is 0.0951. The molecule has 0 saturated heterocycles. The predicted molar refractivity (Wildman–Crippen MR) is 103 cm³/mol. The first kappa shape index (κ1) is 18.2. The summed E-state index contributed by atoms with van der Waals surface area (Å²) in [7, 11) is 0. The number of furan rings is 1. The summed E-state index contributed by atoms with van der Waals surface area (Å²) in [6.45, 7) is 5.20. The van der Waals surface area contributed by atoms with Crippen molar-refractivity contribution in [2.45, 2.75) is 33.2 Å². The minimum atomic E-state index is -0.113. The molecule has 0 fully saturated rings. The van der Waals surface area contributed by atoms with Crippen LogP contribution in [0.1, 0.15) is 40.7 Å². The monoisotopic (exact) mass is 370 g/mol. The van der Waals surface area contributed by atoms with Crippen molar-refractivity contribution in [3.63, 3.8) is 0 Å². The number of nitrogens with one attached hydrogen (secondary N) is 1. The SMILES string of the molecule is CCCCOc1ccc(C(=O)NCc2sc(-c3ccco3)nc2C)cc1. The molecule has 0 spiro atoms. The Morgan fingerprint density at radius 2 is 2.08 bits per heavy atom. The van der Waals surface area contributed by atoms with Crippen LogP contribution in [0.3, 0.4) is 0 Å². The number of aromatic nitrogens is 1. The van der Waals surface area contributed by atoms with Crippen LogP contribution in [0.25, 0.3) is 10.8 Å². The Morgan fingerprint density at radius 1 is 1.27 bits per heavy atom. The van der Waals surface area contributed by atoms with Gasteiger partial charge >= 0.3 is 0 Å². The number of aryl methyl sites for hydroxylation is 1. The Balaban J connectivity index is 1.57. The Kier molecular flexibility index (Phi) is 6.07. The molecule has 0 radical (unpaired) electrons. The molecule has 0 aliphatic rings. The summed E-state index contributed by atoms with van der Waals surface area (Å²) >= 11 is 1.53. The summed E-state index contributed by atoms with van der Waals surface area (Å²) in [6, 6.07) is 10.9. The van der Waals surface area contributed by atoms with Gasteiger partial charge in [-0.05, 0) is 49.7 Å². The molecule has 0 atom stereocenters. The van der Waals surface area contributed by atoms with E-state index in [2.05, 4.69) is 17.2 Å². The van der Waals surface area contributed by atoms with E-state index in [4.69, 9.17) is 9.15 Å². The first-order valence-corrected chi connectivity index (χ1v) is 9.50. The number of nitrogens with zero attached hydrogens (tertiary/aromatic N) is 1. The van der Waals surface area contributed by atoms with Gasteiger partial charge in [0.25, 0.3) is 5.91 Å². The molecule has 3 rings (SSSR count). The summed E-state index contributed by atoms with van der Waals surface area (Å²) in [6.07, 6.45) is 3.75. The average Bonchev–Trinajstić information content (AvgIpc) is 3.30. The number of carbonyl (C=O) groups excluding carboxylic acids is 1. The fourth-order valence-corrected chi connectivity index (χ4v) is 3.37. The van der Waals surface area contributed by atoms with E-state index in [0.29, 0.717) is 18.7 Å². The van der Waals surface area contributed by atoms with E-state index in [1.54, 1.807) is 18.4 Å². The minimum Gasteiger partial charge on any atom is -0.494 e. The Hall–Kier alpha value is -2.60. The van der Waals surface area contributed by atoms with Gasteiger partial charge in [-0.25, -0.2) is 4.98 Å². The van der Waals surface area contributed by atoms with Crippen LogP contribution >= 0.6 is 11.3 Å². The van der Waals surface area contributed by atoms with Crippen LogP contribution < -0.4 is 10.1 Å². The molecule has 1 aromatic carbocycles. The van der Waals surface area contributed by atoms with Crippen molar-refractivity contribution in [2.24, 2.45) is 0 Å². The van der Waals surface area contributed by atoms with Crippen LogP contribution in [0.15, 0.2) is 47.1 Å². The molecule has 2 aromatic heterocycles. The third kappa shape index (κ3) is 4.52. The molecule has 0 unspecified atom stereocenters. The van der Waals surface area contributed by atoms with Gasteiger partial charge in [-0.2, -0.15) is 0 Å². The summed E-state index contributed by atoms with van der Waals surface area (Å²) in [4.78, 5) is 17.9. The van der Waals surface area contributed by atoms with Crippen molar-refractivity contribution in [1.29, 1.82) is 0 Å². The van der Waals surface area contributed by atoms with E-state index in [1.165, 1.54) is 11.3 Å². The number of carbonyl (C=O) groups is 1. The fourth-order valence-electron chi connectivity index (χ4n) is 2.40. The van der Waals surface area contributed by atoms with Crippen LogP contribution in [0.4, 0.5) is 0 Å². The van der Waals surface area contributed by atoms with E-state index < -0.39 is 0 Å². The molecule has 26 heavy (non-hydrogen) atoms. The lowest BCUT2D eigenvalue weighted by Crippen LogP contribution is -2.22. The van der Waals surface area contributed by atoms with Crippen molar-refractivity contribution >= 4 is 17.2 Å². The summed E-state index contributed by atoms with van der Waals surface area (Å²) < 4.78 is 11.0. The number of thiazole rings is 1. The number of hydrogen-bond donors (Lipinski definition) is 1. The van der Waals surface area contributed by atoms with Crippen LogP contribution in [0.5, 0.6) is 5.75 Å². The van der Waals surface area contributed by atoms with Gasteiger partial charge in [0.1, 0.15) is 5.75 Å². The van der Waals surface area contributed by atoms with Crippen molar-refractivity contribution in [3.8, 4) is 16.5 Å². The van der Waals surface area contributed by atoms with Gasteiger partial charge in [0, 0.05) is 10.4 Å². The van der Waals surface area contributed by atoms with Crippen molar-refractivity contribution in [3.05, 3.63) is 58.8 Å². The van der Waals surface area contributed by atoms with E-state index in [1.807, 2.05) is 31.2 Å². The van der Waals surface area contributed by atoms with Crippen molar-refractivity contribution in [1.82, 2.24) is 10.3 Å². The largest absolute Gasteiger partial charge is 0.494 e. The molecule has 6 heteroatoms. The second kappa shape index (κ2) is 8.67. The standard InChI is InChI=1S/C20H22N2O3S/c1-3-4-11-24-16-9-7-15(8-10-16)19(23)21-13-18-14(2)22-20(26-18)17-6-5-12-25-17/h5-10,12H,3-4,11,13H2,1-2H3,(H,21,23). The van der Waals surface area contributed by atoms with Crippen LogP contribution in [-0.2, 0) is 6.54 Å². The average molecular weight is 370 g/mol. The Bertz CT molecular complexity index is 839. The highest BCUT2D eigenvalue weighted by atomic mass is 32.1. The van der Waals surface area contributed by atoms with E-state index in [-0.39, 0.29) is 5.91 Å². The molecule has 0 aliphatic heterocycles. The van der Waals surface area contributed by atoms with Gasteiger partial charge in [-0.15, -0.1) is 11.3 Å². The first-order valence-electron chi connectivity index (χ1n) is 8.68. The number of ether oxygens (including phenoxy) is 1. The Labute approximate surface area is 157 Å². The zero-order valence-corrected chi connectivity index (χ0v) is 15.8. The molecule has 0 saturated carbocycles. The predicted octanol–water partition coefficient (Wildman–Crippen LogP) is 4.82. The molecule has 0 bridgehead atoms. The first-order chi connectivity index (χ1) is 12.7. The maximum atomic E-state index is 12.4. The second-order valence-corrected chi connectivity index (χ2v) is 7.00.